The molecule has 0 spiro atoms. The van der Waals surface area contributed by atoms with Gasteiger partial charge in [-0.1, -0.05) is 24.6 Å². The Bertz CT molecular complexity index is 1590. The Morgan fingerprint density at radius 2 is 1.59 bits per heavy atom. The lowest BCUT2D eigenvalue weighted by molar-refractivity contribution is -0.122. The number of nitrogens with one attached hydrogen (secondary N) is 2. The van der Waals surface area contributed by atoms with Crippen LogP contribution >= 0.6 is 0 Å². The van der Waals surface area contributed by atoms with Crippen LogP contribution in [0.15, 0.2) is 48.8 Å². The van der Waals surface area contributed by atoms with E-state index in [4.69, 9.17) is 9.47 Å². The Morgan fingerprint density at radius 3 is 2.43 bits per heavy atom. The van der Waals surface area contributed by atoms with Gasteiger partial charge in [0.15, 0.2) is 11.5 Å². The Balaban J connectivity index is 1.35. The lowest BCUT2D eigenvalue weighted by Gasteiger charge is -2.26. The first-order valence-corrected chi connectivity index (χ1v) is 13.0. The molecule has 0 aliphatic carbocycles. The summed E-state index contributed by atoms with van der Waals surface area (Å²) in [4.78, 5) is 32.2. The number of hydrogen-bond donors (Lipinski definition) is 2. The predicted octanol–water partition coefficient (Wildman–Crippen LogP) is 4.29. The van der Waals surface area contributed by atoms with Gasteiger partial charge in [0, 0.05) is 52.4 Å². The minimum Gasteiger partial charge on any atom is -0.454 e. The van der Waals surface area contributed by atoms with Gasteiger partial charge in [0.2, 0.25) is 6.79 Å². The number of carbonyl (C=O) groups is 2. The summed E-state index contributed by atoms with van der Waals surface area (Å²) in [5, 5.41) is 4.32. The van der Waals surface area contributed by atoms with Crippen molar-refractivity contribution >= 4 is 44.8 Å². The van der Waals surface area contributed by atoms with Crippen molar-refractivity contribution in [1.82, 2.24) is 19.8 Å². The molecule has 0 saturated carbocycles. The van der Waals surface area contributed by atoms with E-state index in [0.29, 0.717) is 22.6 Å². The second-order valence-corrected chi connectivity index (χ2v) is 10.00. The van der Waals surface area contributed by atoms with Crippen molar-refractivity contribution in [3.8, 4) is 11.5 Å². The molecule has 2 N–H and O–H groups in total. The van der Waals surface area contributed by atoms with E-state index < -0.39 is 0 Å². The molecule has 7 rings (SSSR count). The Morgan fingerprint density at radius 1 is 0.838 bits per heavy atom. The molecule has 5 heterocycles. The molecule has 1 saturated heterocycles. The molecule has 2 aromatic carbocycles. The second-order valence-electron chi connectivity index (χ2n) is 10.00. The number of likely N-dealkylation sites (tertiary alicyclic amines) is 1. The second kappa shape index (κ2) is 8.81. The van der Waals surface area contributed by atoms with Crippen LogP contribution < -0.4 is 14.8 Å². The highest BCUT2D eigenvalue weighted by Crippen LogP contribution is 2.42. The average Bonchev–Trinajstić information content (AvgIpc) is 3.68. The maximum absolute atomic E-state index is 13.3. The average molecular weight is 497 g/mol. The first kappa shape index (κ1) is 22.2. The molecule has 4 aromatic rings. The van der Waals surface area contributed by atoms with Crippen LogP contribution in [0.1, 0.15) is 36.8 Å². The summed E-state index contributed by atoms with van der Waals surface area (Å²) in [6, 6.07) is 11.7. The maximum Gasteiger partial charge on any atom is 0.259 e. The Kier molecular flexibility index (Phi) is 5.28. The first-order chi connectivity index (χ1) is 18.2. The van der Waals surface area contributed by atoms with Crippen molar-refractivity contribution in [3.63, 3.8) is 0 Å². The molecule has 1 fully saturated rings. The topological polar surface area (TPSA) is 88.6 Å². The molecule has 0 radical (unpaired) electrons. The van der Waals surface area contributed by atoms with E-state index in [1.54, 1.807) is 0 Å². The zero-order valence-electron chi connectivity index (χ0n) is 20.5. The summed E-state index contributed by atoms with van der Waals surface area (Å²) >= 11 is 0. The Labute approximate surface area is 213 Å². The Hall–Kier alpha value is -4.04. The van der Waals surface area contributed by atoms with Gasteiger partial charge in [-0.15, -0.1) is 0 Å². The van der Waals surface area contributed by atoms with Crippen molar-refractivity contribution in [2.45, 2.75) is 32.2 Å². The van der Waals surface area contributed by atoms with E-state index in [1.807, 2.05) is 48.8 Å². The SMILES string of the molecule is O=C1NC(=O)C(c2cn(CCCN3CCCCC3)c3cc4c(cc23)OCO4)=C1c1c[nH]c2ccccc12. The van der Waals surface area contributed by atoms with Crippen LogP contribution in [0, 0.1) is 0 Å². The van der Waals surface area contributed by atoms with Crippen molar-refractivity contribution < 1.29 is 19.1 Å². The number of aromatic nitrogens is 2. The third kappa shape index (κ3) is 3.71. The quantitative estimate of drug-likeness (QED) is 0.389. The van der Waals surface area contributed by atoms with Gasteiger partial charge in [0.1, 0.15) is 0 Å². The number of para-hydroxylation sites is 1. The van der Waals surface area contributed by atoms with E-state index in [-0.39, 0.29) is 18.6 Å². The molecule has 0 atom stereocenters. The van der Waals surface area contributed by atoms with E-state index in [0.717, 1.165) is 52.4 Å². The number of imide groups is 1. The molecular weight excluding hydrogens is 468 g/mol. The molecule has 3 aliphatic heterocycles. The standard InChI is InChI=1S/C29H28N4O4/c34-28-26(20-15-30-22-8-3-2-7-18(20)22)27(29(35)31-28)21-16-33(12-6-11-32-9-4-1-5-10-32)23-14-25-24(13-19(21)23)36-17-37-25/h2-3,7-8,13-16,30H,1,4-6,9-12,17H2,(H,31,34,35). The monoisotopic (exact) mass is 496 g/mol. The molecule has 2 amide bonds. The fourth-order valence-electron chi connectivity index (χ4n) is 5.96. The molecule has 3 aliphatic rings. The van der Waals surface area contributed by atoms with Crippen LogP contribution in [0.3, 0.4) is 0 Å². The normalized spacial score (nSPS) is 17.9. The summed E-state index contributed by atoms with van der Waals surface area (Å²) in [5.41, 5.74) is 4.13. The van der Waals surface area contributed by atoms with Crippen molar-refractivity contribution in [3.05, 3.63) is 59.9 Å². The third-order valence-electron chi connectivity index (χ3n) is 7.76. The van der Waals surface area contributed by atoms with Crippen LogP contribution in [0.25, 0.3) is 33.0 Å². The molecule has 2 aromatic heterocycles. The van der Waals surface area contributed by atoms with Crippen LogP contribution in [0.2, 0.25) is 0 Å². The summed E-state index contributed by atoms with van der Waals surface area (Å²) in [6.07, 6.45) is 8.69. The number of ether oxygens (including phenoxy) is 2. The predicted molar refractivity (Wildman–Crippen MR) is 141 cm³/mol. The molecular formula is C29H28N4O4. The fraction of sp³-hybridized carbons (Fsp3) is 0.310. The van der Waals surface area contributed by atoms with E-state index >= 15 is 0 Å². The highest BCUT2D eigenvalue weighted by Gasteiger charge is 2.35. The van der Waals surface area contributed by atoms with Crippen molar-refractivity contribution in [1.29, 1.82) is 0 Å². The van der Waals surface area contributed by atoms with E-state index in [2.05, 4.69) is 19.8 Å². The van der Waals surface area contributed by atoms with Crippen LogP contribution in [0.5, 0.6) is 11.5 Å². The van der Waals surface area contributed by atoms with Gasteiger partial charge in [-0.2, -0.15) is 0 Å². The highest BCUT2D eigenvalue weighted by molar-refractivity contribution is 6.50. The lowest BCUT2D eigenvalue weighted by atomic mass is 9.95. The number of rotatable bonds is 6. The summed E-state index contributed by atoms with van der Waals surface area (Å²) < 4.78 is 13.5. The van der Waals surface area contributed by atoms with Gasteiger partial charge in [-0.25, -0.2) is 0 Å². The van der Waals surface area contributed by atoms with E-state index in [9.17, 15) is 9.59 Å². The van der Waals surface area contributed by atoms with Crippen LogP contribution in [-0.2, 0) is 16.1 Å². The number of amides is 2. The minimum atomic E-state index is -0.379. The number of hydrogen-bond acceptors (Lipinski definition) is 5. The van der Waals surface area contributed by atoms with Crippen molar-refractivity contribution in [2.75, 3.05) is 26.4 Å². The molecule has 37 heavy (non-hydrogen) atoms. The molecule has 8 heteroatoms. The van der Waals surface area contributed by atoms with Gasteiger partial charge in [0.25, 0.3) is 11.8 Å². The highest BCUT2D eigenvalue weighted by atomic mass is 16.7. The first-order valence-electron chi connectivity index (χ1n) is 13.0. The zero-order chi connectivity index (χ0) is 24.9. The summed E-state index contributed by atoms with van der Waals surface area (Å²) in [6.45, 7) is 4.35. The van der Waals surface area contributed by atoms with Gasteiger partial charge in [-0.05, 0) is 51.0 Å². The number of nitrogens with zero attached hydrogens (tertiary/aromatic N) is 2. The van der Waals surface area contributed by atoms with Gasteiger partial charge < -0.3 is 23.9 Å². The number of carbonyl (C=O) groups excluding carboxylic acids is 2. The number of aromatic amines is 1. The minimum absolute atomic E-state index is 0.175. The van der Waals surface area contributed by atoms with Crippen LogP contribution in [-0.4, -0.2) is 52.7 Å². The smallest absolute Gasteiger partial charge is 0.259 e. The number of benzene rings is 2. The fourth-order valence-corrected chi connectivity index (χ4v) is 5.96. The van der Waals surface area contributed by atoms with E-state index in [1.165, 1.54) is 32.4 Å². The lowest BCUT2D eigenvalue weighted by Crippen LogP contribution is -2.31. The van der Waals surface area contributed by atoms with Crippen LogP contribution in [0.4, 0.5) is 0 Å². The molecule has 8 nitrogen and oxygen atoms in total. The van der Waals surface area contributed by atoms with Gasteiger partial charge in [-0.3, -0.25) is 14.9 Å². The zero-order valence-corrected chi connectivity index (χ0v) is 20.5. The van der Waals surface area contributed by atoms with Gasteiger partial charge >= 0.3 is 0 Å². The largest absolute Gasteiger partial charge is 0.454 e. The molecule has 0 bridgehead atoms. The number of H-pyrrole nitrogens is 1. The number of aryl methyl sites for hydroxylation is 1. The summed E-state index contributed by atoms with van der Waals surface area (Å²) in [5.74, 6) is 0.595. The molecule has 188 valence electrons. The maximum atomic E-state index is 13.3. The molecule has 0 unspecified atom stereocenters. The summed E-state index contributed by atoms with van der Waals surface area (Å²) in [7, 11) is 0. The van der Waals surface area contributed by atoms with Crippen molar-refractivity contribution in [2.24, 2.45) is 0 Å². The third-order valence-corrected chi connectivity index (χ3v) is 7.76. The number of fused-ring (bicyclic) bond motifs is 3. The van der Waals surface area contributed by atoms with Gasteiger partial charge in [0.05, 0.1) is 16.7 Å². The number of piperidine rings is 1.